The van der Waals surface area contributed by atoms with E-state index >= 15 is 0 Å². The molecule has 0 aliphatic heterocycles. The number of hydrogen-bond donors (Lipinski definition) is 1. The summed E-state index contributed by atoms with van der Waals surface area (Å²) in [5.41, 5.74) is 3.10. The predicted octanol–water partition coefficient (Wildman–Crippen LogP) is 2.39. The van der Waals surface area contributed by atoms with Crippen molar-refractivity contribution in [2.75, 3.05) is 5.32 Å². The maximum atomic E-state index is 5.88. The van der Waals surface area contributed by atoms with Crippen LogP contribution in [-0.4, -0.2) is 15.0 Å². The van der Waals surface area contributed by atoms with Crippen molar-refractivity contribution in [2.24, 2.45) is 7.05 Å². The third-order valence-electron chi connectivity index (χ3n) is 2.30. The van der Waals surface area contributed by atoms with Crippen LogP contribution in [-0.2, 0) is 13.6 Å². The van der Waals surface area contributed by atoms with Gasteiger partial charge in [0.25, 0.3) is 0 Å². The quantitative estimate of drug-likeness (QED) is 0.890. The maximum absolute atomic E-state index is 5.88. The van der Waals surface area contributed by atoms with Crippen LogP contribution in [0.15, 0.2) is 24.4 Å². The van der Waals surface area contributed by atoms with Gasteiger partial charge in [-0.3, -0.25) is 4.68 Å². The normalized spacial score (nSPS) is 10.4. The van der Waals surface area contributed by atoms with Gasteiger partial charge < -0.3 is 5.32 Å². The van der Waals surface area contributed by atoms with Gasteiger partial charge in [0, 0.05) is 24.0 Å². The molecule has 2 aromatic rings. The van der Waals surface area contributed by atoms with Crippen LogP contribution in [0.1, 0.15) is 11.3 Å². The number of rotatable bonds is 3. The highest BCUT2D eigenvalue weighted by molar-refractivity contribution is 6.30. The molecule has 0 radical (unpaired) electrons. The molecule has 0 aliphatic carbocycles. The molecule has 1 N–H and O–H groups in total. The average Bonchev–Trinajstić information content (AvgIpc) is 2.63. The fraction of sp³-hybridized carbons (Fsp3) is 0.273. The molecule has 0 atom stereocenters. The number of halogens is 1. The lowest BCUT2D eigenvalue weighted by Gasteiger charge is -2.07. The summed E-state index contributed by atoms with van der Waals surface area (Å²) in [7, 11) is 1.85. The number of aromatic nitrogens is 3. The minimum Gasteiger partial charge on any atom is -0.379 e. The third-order valence-corrected chi connectivity index (χ3v) is 2.53. The van der Waals surface area contributed by atoms with Crippen molar-refractivity contribution >= 4 is 17.3 Å². The molecule has 1 aromatic carbocycles. The highest BCUT2D eigenvalue weighted by atomic mass is 35.5. The smallest absolute Gasteiger partial charge is 0.102 e. The van der Waals surface area contributed by atoms with E-state index in [0.717, 1.165) is 22.0 Å². The van der Waals surface area contributed by atoms with Crippen LogP contribution in [0.2, 0.25) is 5.02 Å². The van der Waals surface area contributed by atoms with Crippen molar-refractivity contribution in [1.29, 1.82) is 0 Å². The summed E-state index contributed by atoms with van der Waals surface area (Å²) in [6.45, 7) is 2.68. The first-order chi connectivity index (χ1) is 7.65. The van der Waals surface area contributed by atoms with Gasteiger partial charge in [0.2, 0.25) is 0 Å². The van der Waals surface area contributed by atoms with Crippen molar-refractivity contribution in [3.63, 3.8) is 0 Å². The first-order valence-corrected chi connectivity index (χ1v) is 5.38. The number of anilines is 1. The molecule has 2 rings (SSSR count). The topological polar surface area (TPSA) is 42.7 Å². The largest absolute Gasteiger partial charge is 0.379 e. The highest BCUT2D eigenvalue weighted by Crippen LogP contribution is 2.19. The predicted molar refractivity (Wildman–Crippen MR) is 64.5 cm³/mol. The zero-order valence-electron chi connectivity index (χ0n) is 9.24. The number of aryl methyl sites for hydroxylation is 2. The van der Waals surface area contributed by atoms with Gasteiger partial charge in [-0.1, -0.05) is 16.8 Å². The second-order valence-electron chi connectivity index (χ2n) is 3.70. The van der Waals surface area contributed by atoms with E-state index in [9.17, 15) is 0 Å². The molecule has 0 saturated heterocycles. The van der Waals surface area contributed by atoms with Crippen molar-refractivity contribution in [3.05, 3.63) is 40.7 Å². The molecule has 5 heteroatoms. The lowest BCUT2D eigenvalue weighted by Crippen LogP contribution is -2.01. The molecule has 84 valence electrons. The first-order valence-electron chi connectivity index (χ1n) is 5.00. The Morgan fingerprint density at radius 2 is 2.25 bits per heavy atom. The van der Waals surface area contributed by atoms with Crippen LogP contribution in [0.25, 0.3) is 0 Å². The molecule has 1 aromatic heterocycles. The molecular weight excluding hydrogens is 224 g/mol. The number of nitrogens with one attached hydrogen (secondary N) is 1. The van der Waals surface area contributed by atoms with Crippen LogP contribution >= 0.6 is 11.6 Å². The van der Waals surface area contributed by atoms with Gasteiger partial charge in [0.15, 0.2) is 0 Å². The summed E-state index contributed by atoms with van der Waals surface area (Å²) in [6.07, 6.45) is 1.89. The minimum atomic E-state index is 0.663. The monoisotopic (exact) mass is 236 g/mol. The molecular formula is C11H13ClN4. The van der Waals surface area contributed by atoms with Gasteiger partial charge in [0.05, 0.1) is 6.54 Å². The summed E-state index contributed by atoms with van der Waals surface area (Å²) < 4.78 is 1.69. The van der Waals surface area contributed by atoms with E-state index in [0.29, 0.717) is 6.54 Å². The van der Waals surface area contributed by atoms with Crippen LogP contribution in [0.5, 0.6) is 0 Å². The van der Waals surface area contributed by atoms with Gasteiger partial charge >= 0.3 is 0 Å². The Kier molecular flexibility index (Phi) is 3.10. The maximum Gasteiger partial charge on any atom is 0.102 e. The molecule has 0 saturated carbocycles. The molecule has 1 heterocycles. The van der Waals surface area contributed by atoms with E-state index in [1.165, 1.54) is 0 Å². The van der Waals surface area contributed by atoms with Crippen molar-refractivity contribution in [2.45, 2.75) is 13.5 Å². The van der Waals surface area contributed by atoms with Gasteiger partial charge in [0.1, 0.15) is 5.69 Å². The fourth-order valence-corrected chi connectivity index (χ4v) is 1.71. The molecule has 0 spiro atoms. The molecule has 0 amide bonds. The minimum absolute atomic E-state index is 0.663. The van der Waals surface area contributed by atoms with Crippen LogP contribution in [0, 0.1) is 6.92 Å². The summed E-state index contributed by atoms with van der Waals surface area (Å²) in [5, 5.41) is 11.9. The van der Waals surface area contributed by atoms with Crippen molar-refractivity contribution < 1.29 is 0 Å². The summed E-state index contributed by atoms with van der Waals surface area (Å²) in [6, 6.07) is 5.77. The Morgan fingerprint density at radius 1 is 1.44 bits per heavy atom. The van der Waals surface area contributed by atoms with Gasteiger partial charge in [-0.05, 0) is 30.7 Å². The van der Waals surface area contributed by atoms with Crippen LogP contribution in [0.4, 0.5) is 5.69 Å². The second-order valence-corrected chi connectivity index (χ2v) is 4.13. The lowest BCUT2D eigenvalue weighted by molar-refractivity contribution is 0.713. The van der Waals surface area contributed by atoms with Gasteiger partial charge in [-0.25, -0.2) is 0 Å². The molecule has 0 aliphatic rings. The molecule has 4 nitrogen and oxygen atoms in total. The molecule has 0 unspecified atom stereocenters. The van der Waals surface area contributed by atoms with E-state index in [1.807, 2.05) is 38.4 Å². The van der Waals surface area contributed by atoms with Crippen LogP contribution in [0.3, 0.4) is 0 Å². The van der Waals surface area contributed by atoms with Gasteiger partial charge in [-0.2, -0.15) is 0 Å². The van der Waals surface area contributed by atoms with Crippen molar-refractivity contribution in [3.8, 4) is 0 Å². The zero-order valence-corrected chi connectivity index (χ0v) is 9.99. The van der Waals surface area contributed by atoms with E-state index in [1.54, 1.807) is 4.68 Å². The lowest BCUT2D eigenvalue weighted by atomic mass is 10.2. The van der Waals surface area contributed by atoms with Crippen molar-refractivity contribution in [1.82, 2.24) is 15.0 Å². The highest BCUT2D eigenvalue weighted by Gasteiger charge is 2.01. The SMILES string of the molecule is Cc1cc(Cl)ccc1NCc1cn(C)nn1. The number of nitrogens with zero attached hydrogens (tertiary/aromatic N) is 3. The Morgan fingerprint density at radius 3 is 2.88 bits per heavy atom. The second kappa shape index (κ2) is 4.53. The van der Waals surface area contributed by atoms with E-state index in [4.69, 9.17) is 11.6 Å². The molecule has 0 bridgehead atoms. The molecule has 0 fully saturated rings. The average molecular weight is 237 g/mol. The Labute approximate surface area is 99.2 Å². The first kappa shape index (κ1) is 11.0. The third kappa shape index (κ3) is 2.52. The number of benzene rings is 1. The summed E-state index contributed by atoms with van der Waals surface area (Å²) >= 11 is 5.88. The standard InChI is InChI=1S/C11H13ClN4/c1-8-5-9(12)3-4-11(8)13-6-10-7-16(2)15-14-10/h3-5,7,13H,6H2,1-2H3. The van der Waals surface area contributed by atoms with E-state index in [2.05, 4.69) is 15.6 Å². The summed E-state index contributed by atoms with van der Waals surface area (Å²) in [5.74, 6) is 0. The summed E-state index contributed by atoms with van der Waals surface area (Å²) in [4.78, 5) is 0. The zero-order chi connectivity index (χ0) is 11.5. The fourth-order valence-electron chi connectivity index (χ4n) is 1.49. The Bertz CT molecular complexity index is 492. The van der Waals surface area contributed by atoms with Gasteiger partial charge in [-0.15, -0.1) is 5.10 Å². The molecule has 16 heavy (non-hydrogen) atoms. The Balaban J connectivity index is 2.04. The Hall–Kier alpha value is -1.55. The van der Waals surface area contributed by atoms with E-state index < -0.39 is 0 Å². The van der Waals surface area contributed by atoms with Crippen LogP contribution < -0.4 is 5.32 Å². The number of hydrogen-bond acceptors (Lipinski definition) is 3. The van der Waals surface area contributed by atoms with E-state index in [-0.39, 0.29) is 0 Å².